The summed E-state index contributed by atoms with van der Waals surface area (Å²) in [4.78, 5) is 51.8. The summed E-state index contributed by atoms with van der Waals surface area (Å²) in [7, 11) is 0. The third-order valence-corrected chi connectivity index (χ3v) is 10.7. The Hall–Kier alpha value is -4.80. The predicted octanol–water partition coefficient (Wildman–Crippen LogP) is 2.20. The highest BCUT2D eigenvalue weighted by molar-refractivity contribution is 6.18. The fourth-order valence-electron chi connectivity index (χ4n) is 8.47. The van der Waals surface area contributed by atoms with Gasteiger partial charge in [-0.05, 0) is 67.0 Å². The van der Waals surface area contributed by atoms with Crippen molar-refractivity contribution < 1.29 is 29.0 Å². The molecule has 7 rings (SSSR count). The lowest BCUT2D eigenvalue weighted by Gasteiger charge is -2.62. The molecular formula is C37H38N4O6. The molecule has 2 fully saturated rings. The molecule has 5 N–H and O–H groups in total. The number of aliphatic hydroxyl groups is 1. The van der Waals surface area contributed by atoms with Gasteiger partial charge in [-0.1, -0.05) is 60.7 Å². The van der Waals surface area contributed by atoms with Gasteiger partial charge in [-0.3, -0.25) is 24.1 Å². The van der Waals surface area contributed by atoms with Gasteiger partial charge in [0, 0.05) is 37.3 Å². The Kier molecular flexibility index (Phi) is 7.93. The first-order valence-corrected chi connectivity index (χ1v) is 16.2. The van der Waals surface area contributed by atoms with Crippen LogP contribution in [0.2, 0.25) is 0 Å². The molecule has 10 heteroatoms. The summed E-state index contributed by atoms with van der Waals surface area (Å²) in [6, 6.07) is 21.1. The molecule has 2 aliphatic heterocycles. The van der Waals surface area contributed by atoms with Gasteiger partial charge in [-0.2, -0.15) is 0 Å². The summed E-state index contributed by atoms with van der Waals surface area (Å²) in [5.74, 6) is -0.537. The highest BCUT2D eigenvalue weighted by Gasteiger charge is 2.73. The summed E-state index contributed by atoms with van der Waals surface area (Å²) in [6.07, 6.45) is 4.18. The van der Waals surface area contributed by atoms with Crippen molar-refractivity contribution in [1.82, 2.24) is 15.5 Å². The third-order valence-electron chi connectivity index (χ3n) is 10.7. The van der Waals surface area contributed by atoms with Crippen molar-refractivity contribution in [3.63, 3.8) is 0 Å². The molecular weight excluding hydrogens is 596 g/mol. The van der Waals surface area contributed by atoms with E-state index in [0.29, 0.717) is 55.5 Å². The van der Waals surface area contributed by atoms with Crippen LogP contribution in [-0.4, -0.2) is 71.4 Å². The number of rotatable bonds is 11. The average Bonchev–Trinajstić information content (AvgIpc) is 3.43. The van der Waals surface area contributed by atoms with E-state index < -0.39 is 23.0 Å². The van der Waals surface area contributed by atoms with E-state index in [4.69, 9.17) is 10.5 Å². The Morgan fingerprint density at radius 2 is 1.79 bits per heavy atom. The second kappa shape index (κ2) is 12.1. The minimum absolute atomic E-state index is 0.0127. The van der Waals surface area contributed by atoms with Crippen molar-refractivity contribution in [1.29, 1.82) is 0 Å². The molecule has 3 aromatic carbocycles. The molecule has 4 aliphatic rings. The maximum atomic E-state index is 13.6. The zero-order chi connectivity index (χ0) is 32.8. The van der Waals surface area contributed by atoms with Crippen LogP contribution in [0.5, 0.6) is 5.75 Å². The molecule has 242 valence electrons. The van der Waals surface area contributed by atoms with Crippen LogP contribution >= 0.6 is 0 Å². The number of nitrogens with two attached hydrogens (primary N) is 1. The smallest absolute Gasteiger partial charge is 0.255 e. The first-order valence-electron chi connectivity index (χ1n) is 16.2. The number of ketones is 1. The molecule has 4 atom stereocenters. The van der Waals surface area contributed by atoms with E-state index in [-0.39, 0.29) is 29.7 Å². The number of piperidine rings is 1. The standard InChI is InChI=1S/C37H38N4O6/c38-34(44)28(21-39-22-42)25-8-6-24(7-9-25)13-17-40-35(45)27-11-10-26-20-30-37(46)15-12-29(43)33-36(37,31(26)32(27)47-33)16-19-41(30)18-14-23-4-2-1-3-5-23/h1-11,21-22,30,33,46H,12-20H2,(H2,38,44)(H,39,42)(H,40,45)/b28-21-/t30-,33+,36+,37-/m1/s1. The van der Waals surface area contributed by atoms with Crippen LogP contribution in [0.3, 0.4) is 0 Å². The largest absolute Gasteiger partial charge is 0.480 e. The molecule has 0 aromatic heterocycles. The zero-order valence-electron chi connectivity index (χ0n) is 26.0. The number of likely N-dealkylation sites (tertiary alicyclic amines) is 1. The third kappa shape index (κ3) is 5.03. The number of hydrogen-bond donors (Lipinski definition) is 4. The number of hydrogen-bond acceptors (Lipinski definition) is 7. The second-order valence-corrected chi connectivity index (χ2v) is 13.0. The van der Waals surface area contributed by atoms with Gasteiger partial charge in [-0.15, -0.1) is 0 Å². The van der Waals surface area contributed by atoms with E-state index in [1.165, 1.54) is 11.8 Å². The molecule has 0 radical (unpaired) electrons. The van der Waals surface area contributed by atoms with E-state index in [1.54, 1.807) is 18.2 Å². The quantitative estimate of drug-likeness (QED) is 0.187. The molecule has 0 unspecified atom stereocenters. The Morgan fingerprint density at radius 3 is 2.53 bits per heavy atom. The van der Waals surface area contributed by atoms with E-state index in [0.717, 1.165) is 36.2 Å². The Balaban J connectivity index is 1.10. The lowest BCUT2D eigenvalue weighted by molar-refractivity contribution is -0.188. The summed E-state index contributed by atoms with van der Waals surface area (Å²) in [5, 5.41) is 17.9. The second-order valence-electron chi connectivity index (χ2n) is 13.0. The van der Waals surface area contributed by atoms with E-state index in [1.807, 2.05) is 36.4 Å². The number of carbonyl (C=O) groups excluding carboxylic acids is 4. The molecule has 2 heterocycles. The highest BCUT2D eigenvalue weighted by atomic mass is 16.5. The molecule has 1 spiro atoms. The van der Waals surface area contributed by atoms with Crippen LogP contribution in [0.25, 0.3) is 5.57 Å². The monoisotopic (exact) mass is 634 g/mol. The maximum Gasteiger partial charge on any atom is 0.255 e. The Bertz CT molecular complexity index is 1770. The summed E-state index contributed by atoms with van der Waals surface area (Å²) in [6.45, 7) is 1.90. The van der Waals surface area contributed by atoms with Gasteiger partial charge in [0.15, 0.2) is 11.9 Å². The first kappa shape index (κ1) is 30.8. The lowest BCUT2D eigenvalue weighted by atomic mass is 9.49. The number of Topliss-reactive ketones (excluding diaryl/α,β-unsaturated/α-hetero) is 1. The minimum atomic E-state index is -1.13. The van der Waals surface area contributed by atoms with Crippen molar-refractivity contribution in [3.8, 4) is 5.75 Å². The van der Waals surface area contributed by atoms with Crippen LogP contribution in [0.15, 0.2) is 72.9 Å². The van der Waals surface area contributed by atoms with E-state index in [9.17, 15) is 24.3 Å². The van der Waals surface area contributed by atoms with Crippen LogP contribution in [-0.2, 0) is 39.1 Å². The maximum absolute atomic E-state index is 13.6. The average molecular weight is 635 g/mol. The molecule has 1 saturated heterocycles. The van der Waals surface area contributed by atoms with Crippen molar-refractivity contribution in [2.75, 3.05) is 19.6 Å². The topological polar surface area (TPSA) is 151 Å². The molecule has 3 aromatic rings. The molecule has 2 aliphatic carbocycles. The zero-order valence-corrected chi connectivity index (χ0v) is 26.0. The molecule has 1 saturated carbocycles. The number of primary amides is 1. The highest BCUT2D eigenvalue weighted by Crippen LogP contribution is 2.63. The molecule has 47 heavy (non-hydrogen) atoms. The van der Waals surface area contributed by atoms with Crippen molar-refractivity contribution in [2.45, 2.75) is 61.7 Å². The first-order chi connectivity index (χ1) is 22.8. The lowest BCUT2D eigenvalue weighted by Crippen LogP contribution is -2.76. The minimum Gasteiger partial charge on any atom is -0.480 e. The van der Waals surface area contributed by atoms with Gasteiger partial charge in [0.1, 0.15) is 5.75 Å². The number of amides is 3. The van der Waals surface area contributed by atoms with Crippen molar-refractivity contribution >= 4 is 29.6 Å². The number of benzene rings is 3. The Morgan fingerprint density at radius 1 is 1.02 bits per heavy atom. The van der Waals surface area contributed by atoms with Crippen LogP contribution < -0.4 is 21.1 Å². The molecule has 2 bridgehead atoms. The summed E-state index contributed by atoms with van der Waals surface area (Å²) >= 11 is 0. The van der Waals surface area contributed by atoms with Gasteiger partial charge >= 0.3 is 0 Å². The van der Waals surface area contributed by atoms with Gasteiger partial charge in [-0.25, -0.2) is 0 Å². The van der Waals surface area contributed by atoms with E-state index in [2.05, 4.69) is 27.7 Å². The normalized spacial score (nSPS) is 25.8. The number of nitrogens with one attached hydrogen (secondary N) is 2. The summed E-state index contributed by atoms with van der Waals surface area (Å²) < 4.78 is 6.46. The van der Waals surface area contributed by atoms with Gasteiger partial charge in [0.05, 0.1) is 22.2 Å². The van der Waals surface area contributed by atoms with E-state index >= 15 is 0 Å². The van der Waals surface area contributed by atoms with Gasteiger partial charge in [0.2, 0.25) is 6.41 Å². The van der Waals surface area contributed by atoms with Crippen molar-refractivity contribution in [3.05, 3.63) is 106 Å². The van der Waals surface area contributed by atoms with Crippen LogP contribution in [0.4, 0.5) is 0 Å². The predicted molar refractivity (Wildman–Crippen MR) is 174 cm³/mol. The van der Waals surface area contributed by atoms with Crippen molar-refractivity contribution in [2.24, 2.45) is 5.73 Å². The van der Waals surface area contributed by atoms with Gasteiger partial charge in [0.25, 0.3) is 11.8 Å². The summed E-state index contributed by atoms with van der Waals surface area (Å²) in [5.41, 5.74) is 8.64. The van der Waals surface area contributed by atoms with Crippen LogP contribution in [0.1, 0.15) is 57.4 Å². The van der Waals surface area contributed by atoms with Crippen LogP contribution in [0, 0.1) is 0 Å². The fourth-order valence-corrected chi connectivity index (χ4v) is 8.47. The number of ether oxygens (including phenoxy) is 1. The number of nitrogens with zero attached hydrogens (tertiary/aromatic N) is 1. The molecule has 3 amide bonds. The Labute approximate surface area is 273 Å². The SMILES string of the molecule is NC(=O)/C(=C\NC=O)c1ccc(CCNC(=O)c2ccc3c4c2O[C@H]2C(=O)CC[C@@]5(O)[C@@H](C3)N(CCc3ccccc3)CC[C@]425)cc1. The fraction of sp³-hybridized carbons (Fsp3) is 0.351. The number of carbonyl (C=O) groups is 4. The van der Waals surface area contributed by atoms with Gasteiger partial charge < -0.3 is 26.2 Å². The molecule has 10 nitrogen and oxygen atoms in total.